The zero-order valence-electron chi connectivity index (χ0n) is 11.5. The number of nitrogens with zero attached hydrogens (tertiary/aromatic N) is 4. The average Bonchev–Trinajstić information content (AvgIpc) is 3.39. The van der Waals surface area contributed by atoms with Crippen molar-refractivity contribution in [3.05, 3.63) is 29.8 Å². The molecule has 108 valence electrons. The number of aromatic nitrogens is 4. The molecule has 0 aliphatic heterocycles. The molecular weight excluding hydrogens is 284 g/mol. The van der Waals surface area contributed by atoms with Crippen molar-refractivity contribution >= 4 is 17.6 Å². The lowest BCUT2D eigenvalue weighted by atomic mass is 10.2. The second kappa shape index (κ2) is 4.84. The van der Waals surface area contributed by atoms with Crippen LogP contribution in [0.4, 0.5) is 0 Å². The van der Waals surface area contributed by atoms with Gasteiger partial charge in [-0.2, -0.15) is 0 Å². The van der Waals surface area contributed by atoms with E-state index in [4.69, 9.17) is 11.1 Å². The molecule has 0 unspecified atom stereocenters. The fourth-order valence-electron chi connectivity index (χ4n) is 2.44. The molecule has 2 aromatic rings. The average molecular weight is 300 g/mol. The van der Waals surface area contributed by atoms with E-state index in [2.05, 4.69) is 19.7 Å². The Morgan fingerprint density at radius 3 is 2.76 bits per heavy atom. The molecule has 0 amide bonds. The van der Waals surface area contributed by atoms with E-state index in [-0.39, 0.29) is 5.84 Å². The predicted molar refractivity (Wildman–Crippen MR) is 79.6 cm³/mol. The van der Waals surface area contributed by atoms with Gasteiger partial charge in [0.1, 0.15) is 11.7 Å². The Balaban J connectivity index is 1.70. The normalized spacial score (nSPS) is 17.9. The molecule has 0 saturated heterocycles. The number of nitrogen functional groups attached to an aromatic ring is 1. The third-order valence-electron chi connectivity index (χ3n) is 3.82. The third-order valence-corrected chi connectivity index (χ3v) is 4.83. The van der Waals surface area contributed by atoms with E-state index in [0.717, 1.165) is 15.9 Å². The SMILES string of the molecule is N=C(N)c1ccncc1Sc1nnc(C2CC2)n1C1CC1. The number of hydrogen-bond acceptors (Lipinski definition) is 5. The Morgan fingerprint density at radius 1 is 1.29 bits per heavy atom. The molecule has 6 nitrogen and oxygen atoms in total. The second-order valence-corrected chi connectivity index (χ2v) is 6.61. The maximum absolute atomic E-state index is 7.67. The van der Waals surface area contributed by atoms with Gasteiger partial charge in [-0.3, -0.25) is 10.4 Å². The first kappa shape index (κ1) is 12.8. The monoisotopic (exact) mass is 300 g/mol. The van der Waals surface area contributed by atoms with Crippen molar-refractivity contribution in [3.63, 3.8) is 0 Å². The Morgan fingerprint density at radius 2 is 2.10 bits per heavy atom. The first-order chi connectivity index (χ1) is 10.2. The standard InChI is InChI=1S/C14H16N6S/c15-12(16)10-5-6-17-7-11(10)21-14-19-18-13(8-1-2-8)20(14)9-3-4-9/h5-9H,1-4H2,(H3,15,16). The van der Waals surface area contributed by atoms with Gasteiger partial charge in [-0.1, -0.05) is 0 Å². The van der Waals surface area contributed by atoms with Gasteiger partial charge in [-0.05, 0) is 43.5 Å². The van der Waals surface area contributed by atoms with Crippen molar-refractivity contribution in [3.8, 4) is 0 Å². The summed E-state index contributed by atoms with van der Waals surface area (Å²) in [4.78, 5) is 5.00. The highest BCUT2D eigenvalue weighted by Crippen LogP contribution is 2.46. The van der Waals surface area contributed by atoms with Crippen molar-refractivity contribution in [2.75, 3.05) is 0 Å². The Bertz CT molecular complexity index is 701. The van der Waals surface area contributed by atoms with E-state index < -0.39 is 0 Å². The molecule has 2 fully saturated rings. The summed E-state index contributed by atoms with van der Waals surface area (Å²) in [5.41, 5.74) is 6.34. The van der Waals surface area contributed by atoms with Crippen molar-refractivity contribution in [2.45, 2.75) is 47.7 Å². The van der Waals surface area contributed by atoms with Crippen LogP contribution in [0.25, 0.3) is 0 Å². The van der Waals surface area contributed by atoms with Crippen LogP contribution in [-0.4, -0.2) is 25.6 Å². The quantitative estimate of drug-likeness (QED) is 0.653. The summed E-state index contributed by atoms with van der Waals surface area (Å²) in [6.07, 6.45) is 8.25. The van der Waals surface area contributed by atoms with Crippen LogP contribution in [0.2, 0.25) is 0 Å². The van der Waals surface area contributed by atoms with Gasteiger partial charge in [-0.15, -0.1) is 10.2 Å². The van der Waals surface area contributed by atoms with Crippen LogP contribution in [0.1, 0.15) is 49.0 Å². The Hall–Kier alpha value is -1.89. The summed E-state index contributed by atoms with van der Waals surface area (Å²) in [5, 5.41) is 17.3. The van der Waals surface area contributed by atoms with E-state index >= 15 is 0 Å². The Kier molecular flexibility index (Phi) is 2.95. The van der Waals surface area contributed by atoms with Crippen molar-refractivity contribution in [1.29, 1.82) is 5.41 Å². The maximum atomic E-state index is 7.67. The van der Waals surface area contributed by atoms with Crippen LogP contribution in [0, 0.1) is 5.41 Å². The molecule has 0 atom stereocenters. The molecule has 0 aromatic carbocycles. The van der Waals surface area contributed by atoms with Crippen molar-refractivity contribution < 1.29 is 0 Å². The first-order valence-corrected chi connectivity index (χ1v) is 7.96. The van der Waals surface area contributed by atoms with Crippen LogP contribution in [0.15, 0.2) is 28.5 Å². The largest absolute Gasteiger partial charge is 0.384 e. The highest BCUT2D eigenvalue weighted by molar-refractivity contribution is 7.99. The Labute approximate surface area is 126 Å². The van der Waals surface area contributed by atoms with Gasteiger partial charge in [0.25, 0.3) is 0 Å². The summed E-state index contributed by atoms with van der Waals surface area (Å²) in [6, 6.07) is 2.32. The summed E-state index contributed by atoms with van der Waals surface area (Å²) >= 11 is 1.51. The van der Waals surface area contributed by atoms with Gasteiger partial charge in [0.05, 0.1) is 0 Å². The van der Waals surface area contributed by atoms with E-state index in [1.54, 1.807) is 18.5 Å². The van der Waals surface area contributed by atoms with E-state index in [1.165, 1.54) is 37.4 Å². The van der Waals surface area contributed by atoms with Gasteiger partial charge < -0.3 is 10.3 Å². The molecule has 3 N–H and O–H groups in total. The van der Waals surface area contributed by atoms with Crippen LogP contribution in [0.5, 0.6) is 0 Å². The lowest BCUT2D eigenvalue weighted by Gasteiger charge is -2.09. The number of rotatable bonds is 5. The number of hydrogen-bond donors (Lipinski definition) is 2. The molecule has 2 aliphatic rings. The number of nitrogens with one attached hydrogen (secondary N) is 1. The summed E-state index contributed by atoms with van der Waals surface area (Å²) < 4.78 is 2.29. The first-order valence-electron chi connectivity index (χ1n) is 7.15. The highest BCUT2D eigenvalue weighted by Gasteiger charge is 2.36. The molecular formula is C14H16N6S. The van der Waals surface area contributed by atoms with E-state index in [1.807, 2.05) is 0 Å². The predicted octanol–water partition coefficient (Wildman–Crippen LogP) is 2.32. The maximum Gasteiger partial charge on any atom is 0.196 e. The van der Waals surface area contributed by atoms with Crippen LogP contribution >= 0.6 is 11.8 Å². The fraction of sp³-hybridized carbons (Fsp3) is 0.429. The molecule has 21 heavy (non-hydrogen) atoms. The van der Waals surface area contributed by atoms with Gasteiger partial charge in [-0.25, -0.2) is 0 Å². The highest BCUT2D eigenvalue weighted by atomic mass is 32.2. The second-order valence-electron chi connectivity index (χ2n) is 5.60. The van der Waals surface area contributed by atoms with Crippen LogP contribution < -0.4 is 5.73 Å². The molecule has 0 spiro atoms. The lowest BCUT2D eigenvalue weighted by Crippen LogP contribution is -2.12. The van der Waals surface area contributed by atoms with Gasteiger partial charge >= 0.3 is 0 Å². The van der Waals surface area contributed by atoms with Gasteiger partial charge in [0.15, 0.2) is 5.16 Å². The summed E-state index contributed by atoms with van der Waals surface area (Å²) in [6.45, 7) is 0. The van der Waals surface area contributed by atoms with Crippen LogP contribution in [0.3, 0.4) is 0 Å². The molecule has 4 rings (SSSR count). The van der Waals surface area contributed by atoms with Crippen molar-refractivity contribution in [2.24, 2.45) is 5.73 Å². The minimum Gasteiger partial charge on any atom is -0.384 e. The molecule has 0 radical (unpaired) electrons. The summed E-state index contributed by atoms with van der Waals surface area (Å²) in [5.74, 6) is 1.78. The van der Waals surface area contributed by atoms with E-state index in [0.29, 0.717) is 17.5 Å². The lowest BCUT2D eigenvalue weighted by molar-refractivity contribution is 0.627. The number of nitrogens with two attached hydrogens (primary N) is 1. The topological polar surface area (TPSA) is 93.5 Å². The van der Waals surface area contributed by atoms with E-state index in [9.17, 15) is 0 Å². The zero-order valence-corrected chi connectivity index (χ0v) is 12.3. The molecule has 2 saturated carbocycles. The smallest absolute Gasteiger partial charge is 0.196 e. The molecule has 2 aliphatic carbocycles. The third kappa shape index (κ3) is 2.42. The van der Waals surface area contributed by atoms with Gasteiger partial charge in [0, 0.05) is 34.8 Å². The number of pyridine rings is 1. The number of amidine groups is 1. The minimum atomic E-state index is 0.0554. The molecule has 2 heterocycles. The zero-order chi connectivity index (χ0) is 14.4. The minimum absolute atomic E-state index is 0.0554. The van der Waals surface area contributed by atoms with Crippen molar-refractivity contribution in [1.82, 2.24) is 19.7 Å². The molecule has 7 heteroatoms. The van der Waals surface area contributed by atoms with Crippen LogP contribution in [-0.2, 0) is 0 Å². The summed E-state index contributed by atoms with van der Waals surface area (Å²) in [7, 11) is 0. The molecule has 2 aromatic heterocycles. The fourth-order valence-corrected chi connectivity index (χ4v) is 3.46. The van der Waals surface area contributed by atoms with Gasteiger partial charge in [0.2, 0.25) is 0 Å². The molecule has 0 bridgehead atoms.